The number of hydrogen-bond donors (Lipinski definition) is 0. The Labute approximate surface area is 363 Å². The number of benzene rings is 3. The van der Waals surface area contributed by atoms with E-state index in [1.807, 2.05) is 58.3 Å². The number of halogens is 4. The molecule has 1 unspecified atom stereocenters. The third-order valence-electron chi connectivity index (χ3n) is 10.7. The van der Waals surface area contributed by atoms with Gasteiger partial charge in [-0.1, -0.05) is 41.8 Å². The number of amides is 1. The summed E-state index contributed by atoms with van der Waals surface area (Å²) in [6.45, 7) is 2.79. The van der Waals surface area contributed by atoms with Gasteiger partial charge in [0, 0.05) is 69.8 Å². The number of alkyl halides is 3. The van der Waals surface area contributed by atoms with Crippen molar-refractivity contribution in [2.45, 2.75) is 70.0 Å². The Bertz CT molecular complexity index is 2610. The molecular weight excluding hydrogens is 847 g/mol. The van der Waals surface area contributed by atoms with Crippen molar-refractivity contribution in [2.24, 2.45) is 0 Å². The molecule has 326 valence electrons. The third-order valence-corrected chi connectivity index (χ3v) is 11.9. The molecule has 0 spiro atoms. The van der Waals surface area contributed by atoms with Gasteiger partial charge in [0.1, 0.15) is 17.3 Å². The fraction of sp³-hybridized carbons (Fsp3) is 0.364. The number of fused-ring (bicyclic) bond motifs is 2. The highest BCUT2D eigenvalue weighted by Gasteiger charge is 2.41. The van der Waals surface area contributed by atoms with Crippen LogP contribution in [0.3, 0.4) is 0 Å². The van der Waals surface area contributed by atoms with E-state index in [9.17, 15) is 13.2 Å². The van der Waals surface area contributed by atoms with Gasteiger partial charge in [0.2, 0.25) is 15.0 Å². The summed E-state index contributed by atoms with van der Waals surface area (Å²) in [7, 11) is 2.31. The van der Waals surface area contributed by atoms with Crippen LogP contribution in [0.25, 0.3) is 0 Å². The number of aromatic nitrogens is 4. The molecule has 0 bridgehead atoms. The topological polar surface area (TPSA) is 132 Å². The molecule has 2 aliphatic rings. The molecule has 62 heavy (non-hydrogen) atoms. The SMILES string of the molecule is CC#Cc1cc(N(Cc2ccc(OC)cc2)Cc2ccc(OC)cc2)cc(C2Cc3nc(S(C)(=O)=O)nc(N4CCCn5nc(C(=O)N(C)C)c(Cl)c5C4)c3CO2)c1C(F)(F)F. The summed E-state index contributed by atoms with van der Waals surface area (Å²) in [5.41, 5.74) is 2.13. The second-order valence-corrected chi connectivity index (χ2v) is 17.5. The molecule has 2 aromatic heterocycles. The molecule has 0 radical (unpaired) electrons. The normalized spacial score (nSPS) is 15.1. The first-order chi connectivity index (χ1) is 29.5. The van der Waals surface area contributed by atoms with Crippen LogP contribution in [0.2, 0.25) is 5.02 Å². The van der Waals surface area contributed by atoms with Crippen LogP contribution in [-0.4, -0.2) is 80.1 Å². The fourth-order valence-electron chi connectivity index (χ4n) is 7.64. The molecule has 0 aliphatic carbocycles. The molecule has 2 aliphatic heterocycles. The number of carbonyl (C=O) groups is 1. The average Bonchev–Trinajstić information content (AvgIpc) is 3.39. The summed E-state index contributed by atoms with van der Waals surface area (Å²) in [6.07, 6.45) is -4.75. The number of rotatable bonds is 11. The van der Waals surface area contributed by atoms with Gasteiger partial charge < -0.3 is 28.9 Å². The molecule has 5 aromatic rings. The van der Waals surface area contributed by atoms with Crippen LogP contribution in [0.15, 0.2) is 65.8 Å². The summed E-state index contributed by atoms with van der Waals surface area (Å²) in [5, 5.41) is 4.16. The van der Waals surface area contributed by atoms with Crippen molar-refractivity contribution in [3.8, 4) is 23.3 Å². The number of ether oxygens (including phenoxy) is 3. The van der Waals surface area contributed by atoms with E-state index in [4.69, 9.17) is 25.8 Å². The summed E-state index contributed by atoms with van der Waals surface area (Å²) in [6, 6.07) is 17.8. The second kappa shape index (κ2) is 17.9. The second-order valence-electron chi connectivity index (χ2n) is 15.2. The first kappa shape index (κ1) is 44.2. The molecule has 0 fully saturated rings. The summed E-state index contributed by atoms with van der Waals surface area (Å²) >= 11 is 6.75. The molecule has 3 aromatic carbocycles. The Balaban J connectivity index is 1.33. The first-order valence-corrected chi connectivity index (χ1v) is 21.9. The molecular formula is C44H45ClF3N7O6S. The molecule has 1 amide bonds. The number of sulfone groups is 1. The zero-order valence-corrected chi connectivity index (χ0v) is 36.6. The van der Waals surface area contributed by atoms with Crippen molar-refractivity contribution in [1.82, 2.24) is 24.6 Å². The van der Waals surface area contributed by atoms with E-state index in [1.165, 1.54) is 24.0 Å². The molecule has 0 saturated carbocycles. The summed E-state index contributed by atoms with van der Waals surface area (Å²) < 4.78 is 91.1. The van der Waals surface area contributed by atoms with Gasteiger partial charge in [-0.05, 0) is 66.4 Å². The predicted molar refractivity (Wildman–Crippen MR) is 227 cm³/mol. The minimum Gasteiger partial charge on any atom is -0.497 e. The van der Waals surface area contributed by atoms with Crippen LogP contribution in [0, 0.1) is 11.8 Å². The van der Waals surface area contributed by atoms with E-state index in [2.05, 4.69) is 26.9 Å². The number of anilines is 2. The smallest absolute Gasteiger partial charge is 0.417 e. The Morgan fingerprint density at radius 1 is 0.984 bits per heavy atom. The lowest BCUT2D eigenvalue weighted by atomic mass is 9.91. The van der Waals surface area contributed by atoms with E-state index >= 15 is 13.2 Å². The zero-order chi connectivity index (χ0) is 44.5. The molecule has 4 heterocycles. The van der Waals surface area contributed by atoms with Gasteiger partial charge in [-0.15, -0.1) is 5.92 Å². The van der Waals surface area contributed by atoms with E-state index in [0.717, 1.165) is 17.4 Å². The quantitative estimate of drug-likeness (QED) is 0.0980. The van der Waals surface area contributed by atoms with Crippen molar-refractivity contribution in [1.29, 1.82) is 0 Å². The van der Waals surface area contributed by atoms with Crippen molar-refractivity contribution in [3.63, 3.8) is 0 Å². The van der Waals surface area contributed by atoms with Gasteiger partial charge in [-0.3, -0.25) is 9.48 Å². The van der Waals surface area contributed by atoms with Crippen LogP contribution in [-0.2, 0) is 60.0 Å². The Morgan fingerprint density at radius 3 is 2.16 bits per heavy atom. The summed E-state index contributed by atoms with van der Waals surface area (Å²) in [5.74, 6) is 6.56. The Morgan fingerprint density at radius 2 is 1.61 bits per heavy atom. The number of carbonyl (C=O) groups excluding carboxylic acids is 1. The maximum Gasteiger partial charge on any atom is 0.417 e. The van der Waals surface area contributed by atoms with Crippen molar-refractivity contribution < 1.29 is 40.6 Å². The zero-order valence-electron chi connectivity index (χ0n) is 35.0. The lowest BCUT2D eigenvalue weighted by Crippen LogP contribution is -2.30. The highest BCUT2D eigenvalue weighted by molar-refractivity contribution is 7.90. The van der Waals surface area contributed by atoms with Crippen LogP contribution < -0.4 is 19.3 Å². The maximum atomic E-state index is 15.4. The highest BCUT2D eigenvalue weighted by Crippen LogP contribution is 2.44. The van der Waals surface area contributed by atoms with Crippen molar-refractivity contribution >= 4 is 38.9 Å². The van der Waals surface area contributed by atoms with E-state index < -0.39 is 32.8 Å². The van der Waals surface area contributed by atoms with Crippen molar-refractivity contribution in [2.75, 3.05) is 50.9 Å². The minimum absolute atomic E-state index is 0.0858. The van der Waals surface area contributed by atoms with Crippen LogP contribution in [0.5, 0.6) is 11.5 Å². The van der Waals surface area contributed by atoms with E-state index in [-0.39, 0.29) is 58.8 Å². The van der Waals surface area contributed by atoms with Gasteiger partial charge in [-0.25, -0.2) is 18.4 Å². The van der Waals surface area contributed by atoms with E-state index in [0.29, 0.717) is 61.0 Å². The molecule has 7 rings (SSSR count). The molecule has 1 atom stereocenters. The van der Waals surface area contributed by atoms with Gasteiger partial charge in [0.25, 0.3) is 5.91 Å². The lowest BCUT2D eigenvalue weighted by molar-refractivity contribution is -0.140. The number of aryl methyl sites for hydroxylation is 1. The van der Waals surface area contributed by atoms with Crippen LogP contribution >= 0.6 is 11.6 Å². The van der Waals surface area contributed by atoms with Gasteiger partial charge >= 0.3 is 6.18 Å². The summed E-state index contributed by atoms with van der Waals surface area (Å²) in [4.78, 5) is 27.0. The highest BCUT2D eigenvalue weighted by atomic mass is 35.5. The number of methoxy groups -OCH3 is 2. The molecule has 13 nitrogen and oxygen atoms in total. The predicted octanol–water partition coefficient (Wildman–Crippen LogP) is 7.27. The third kappa shape index (κ3) is 9.32. The first-order valence-electron chi connectivity index (χ1n) is 19.6. The number of hydrogen-bond acceptors (Lipinski definition) is 11. The maximum absolute atomic E-state index is 15.4. The van der Waals surface area contributed by atoms with Crippen LogP contribution in [0.4, 0.5) is 24.7 Å². The average molecular weight is 892 g/mol. The molecule has 18 heteroatoms. The molecule has 0 N–H and O–H groups in total. The number of nitrogens with zero attached hydrogens (tertiary/aromatic N) is 7. The fourth-order valence-corrected chi connectivity index (χ4v) is 8.45. The molecule has 0 saturated heterocycles. The minimum atomic E-state index is -4.84. The van der Waals surface area contributed by atoms with Crippen LogP contribution in [0.1, 0.15) is 74.7 Å². The van der Waals surface area contributed by atoms with Crippen molar-refractivity contribution in [3.05, 3.63) is 116 Å². The van der Waals surface area contributed by atoms with Gasteiger partial charge in [0.05, 0.1) is 55.4 Å². The standard InChI is InChI=1S/C44H45ClF3N7O6S/c1-7-9-29-20-30(54(23-27-10-14-31(59-4)15-11-27)24-28-12-16-32(60-5)17-13-28)21-33(38(29)44(46,47)48)37-22-35-34(26-61-37)41(50-43(49-35)62(6,57)58)53-18-8-19-55-36(25-53)39(45)40(51-55)42(56)52(2)3/h10-17,20-21,37H,8,18-19,22-26H2,1-6H3. The Kier molecular flexibility index (Phi) is 12.8. The largest absolute Gasteiger partial charge is 0.497 e. The van der Waals surface area contributed by atoms with E-state index in [1.54, 1.807) is 33.0 Å². The Hall–Kier alpha value is -5.83. The lowest BCUT2D eigenvalue weighted by Gasteiger charge is -2.33. The monoisotopic (exact) mass is 891 g/mol. The van der Waals surface area contributed by atoms with Gasteiger partial charge in [0.15, 0.2) is 5.69 Å². The van der Waals surface area contributed by atoms with Gasteiger partial charge in [-0.2, -0.15) is 18.3 Å².